The Bertz CT molecular complexity index is 625. The lowest BCUT2D eigenvalue weighted by Crippen LogP contribution is -2.38. The minimum atomic E-state index is -3.40. The number of nitrogens with one attached hydrogen (secondary N) is 1. The summed E-state index contributed by atoms with van der Waals surface area (Å²) in [5.41, 5.74) is 1.80. The fraction of sp³-hybridized carbons (Fsp3) is 0.462. The molecule has 1 fully saturated rings. The average Bonchev–Trinajstić information content (AvgIpc) is 3.17. The number of sulfonamides is 1. The molecule has 0 spiro atoms. The van der Waals surface area contributed by atoms with E-state index in [1.54, 1.807) is 0 Å². The quantitative estimate of drug-likeness (QED) is 0.769. The summed E-state index contributed by atoms with van der Waals surface area (Å²) in [4.78, 5) is 11.4. The number of hydrogen-bond donors (Lipinski definition) is 1. The number of nitrogens with zero attached hydrogens (tertiary/aromatic N) is 1. The Labute approximate surface area is 117 Å². The van der Waals surface area contributed by atoms with Crippen molar-refractivity contribution in [3.63, 3.8) is 0 Å². The van der Waals surface area contributed by atoms with Gasteiger partial charge in [0.2, 0.25) is 10.0 Å². The molecule has 1 N–H and O–H groups in total. The van der Waals surface area contributed by atoms with Crippen molar-refractivity contribution in [1.29, 1.82) is 0 Å². The second-order valence-corrected chi connectivity index (χ2v) is 6.89. The molecule has 108 valence electrons. The zero-order chi connectivity index (χ0) is 14.2. The molecule has 1 amide bonds. The minimum absolute atomic E-state index is 0.0974. The monoisotopic (exact) mass is 296 g/mol. The molecule has 1 atom stereocenters. The highest BCUT2D eigenvalue weighted by Gasteiger charge is 2.32. The van der Waals surface area contributed by atoms with Crippen molar-refractivity contribution < 1.29 is 17.9 Å². The van der Waals surface area contributed by atoms with Gasteiger partial charge in [-0.25, -0.2) is 8.42 Å². The number of anilines is 1. The molecule has 6 nitrogen and oxygen atoms in total. The number of fused-ring (bicyclic) bond motifs is 1. The van der Waals surface area contributed by atoms with Gasteiger partial charge in [0.1, 0.15) is 0 Å². The zero-order valence-electron chi connectivity index (χ0n) is 10.9. The molecule has 0 saturated carbocycles. The Morgan fingerprint density at radius 2 is 2.15 bits per heavy atom. The number of epoxide rings is 1. The summed E-state index contributed by atoms with van der Waals surface area (Å²) in [7, 11) is -3.40. The van der Waals surface area contributed by atoms with E-state index in [0.717, 1.165) is 17.7 Å². The van der Waals surface area contributed by atoms with Crippen LogP contribution >= 0.6 is 0 Å². The van der Waals surface area contributed by atoms with E-state index < -0.39 is 10.0 Å². The van der Waals surface area contributed by atoms with E-state index in [-0.39, 0.29) is 24.3 Å². The van der Waals surface area contributed by atoms with Gasteiger partial charge >= 0.3 is 0 Å². The smallest absolute Gasteiger partial charge is 0.251 e. The van der Waals surface area contributed by atoms with Gasteiger partial charge < -0.3 is 10.1 Å². The number of carbonyl (C=O) groups excluding carboxylic acids is 1. The molecule has 2 aliphatic rings. The van der Waals surface area contributed by atoms with Gasteiger partial charge in [0.25, 0.3) is 5.91 Å². The fourth-order valence-corrected chi connectivity index (χ4v) is 3.75. The van der Waals surface area contributed by atoms with Crippen LogP contribution in [0, 0.1) is 0 Å². The largest absolute Gasteiger partial charge is 0.363 e. The first kappa shape index (κ1) is 13.4. The second-order valence-electron chi connectivity index (χ2n) is 4.88. The molecule has 2 aliphatic heterocycles. The van der Waals surface area contributed by atoms with Gasteiger partial charge in [-0.3, -0.25) is 9.10 Å². The summed E-state index contributed by atoms with van der Waals surface area (Å²) in [6.45, 7) is 1.01. The Kier molecular flexibility index (Phi) is 3.39. The number of amides is 1. The van der Waals surface area contributed by atoms with Crippen LogP contribution in [0.4, 0.5) is 5.69 Å². The molecule has 1 aromatic rings. The van der Waals surface area contributed by atoms with Crippen LogP contribution in [-0.2, 0) is 26.0 Å². The van der Waals surface area contributed by atoms with Crippen molar-refractivity contribution in [2.24, 2.45) is 0 Å². The van der Waals surface area contributed by atoms with Crippen molar-refractivity contribution in [3.05, 3.63) is 29.8 Å². The number of hydrogen-bond acceptors (Lipinski definition) is 4. The van der Waals surface area contributed by atoms with E-state index in [4.69, 9.17) is 4.74 Å². The van der Waals surface area contributed by atoms with Gasteiger partial charge in [-0.05, 0) is 18.1 Å². The number of benzene rings is 1. The summed E-state index contributed by atoms with van der Waals surface area (Å²) in [6.07, 6.45) is 0.350. The molecule has 20 heavy (non-hydrogen) atoms. The molecule has 1 saturated heterocycles. The van der Waals surface area contributed by atoms with Crippen molar-refractivity contribution >= 4 is 21.6 Å². The van der Waals surface area contributed by atoms with Crippen molar-refractivity contribution in [2.45, 2.75) is 12.5 Å². The Morgan fingerprint density at radius 1 is 1.40 bits per heavy atom. The lowest BCUT2D eigenvalue weighted by atomic mass is 10.2. The van der Waals surface area contributed by atoms with Crippen LogP contribution < -0.4 is 9.62 Å². The van der Waals surface area contributed by atoms with E-state index in [2.05, 4.69) is 5.32 Å². The second kappa shape index (κ2) is 5.06. The van der Waals surface area contributed by atoms with Crippen LogP contribution in [0.15, 0.2) is 24.3 Å². The predicted octanol–water partition coefficient (Wildman–Crippen LogP) is -0.106. The summed E-state index contributed by atoms with van der Waals surface area (Å²) >= 11 is 0. The lowest BCUT2D eigenvalue weighted by molar-refractivity contribution is -0.122. The van der Waals surface area contributed by atoms with E-state index in [9.17, 15) is 13.2 Å². The third-order valence-electron chi connectivity index (χ3n) is 3.47. The Balaban J connectivity index is 1.62. The standard InChI is InChI=1S/C13H16N2O4S/c16-13(12-9-19-12)14-6-8-20(17,18)15-7-5-10-3-1-2-4-11(10)15/h1-4,12H,5-9H2,(H,14,16). The molecule has 7 heteroatoms. The van der Waals surface area contributed by atoms with Crippen LogP contribution in [0.2, 0.25) is 0 Å². The average molecular weight is 296 g/mol. The molecule has 1 unspecified atom stereocenters. The molecule has 0 aliphatic carbocycles. The van der Waals surface area contributed by atoms with E-state index >= 15 is 0 Å². The van der Waals surface area contributed by atoms with Crippen LogP contribution in [0.25, 0.3) is 0 Å². The van der Waals surface area contributed by atoms with Gasteiger partial charge in [-0.2, -0.15) is 0 Å². The van der Waals surface area contributed by atoms with Crippen molar-refractivity contribution in [3.8, 4) is 0 Å². The van der Waals surface area contributed by atoms with Crippen LogP contribution in [0.1, 0.15) is 5.56 Å². The number of ether oxygens (including phenoxy) is 1. The SMILES string of the molecule is O=C(NCCS(=O)(=O)N1CCc2ccccc21)C1CO1. The molecule has 3 rings (SSSR count). The zero-order valence-corrected chi connectivity index (χ0v) is 11.7. The highest BCUT2D eigenvalue weighted by atomic mass is 32.2. The summed E-state index contributed by atoms with van der Waals surface area (Å²) < 4.78 is 30.9. The van der Waals surface area contributed by atoms with Gasteiger partial charge in [0.15, 0.2) is 6.10 Å². The first-order valence-electron chi connectivity index (χ1n) is 6.55. The molecule has 2 heterocycles. The maximum Gasteiger partial charge on any atom is 0.251 e. The minimum Gasteiger partial charge on any atom is -0.363 e. The fourth-order valence-electron chi connectivity index (χ4n) is 2.32. The third-order valence-corrected chi connectivity index (χ3v) is 5.24. The molecule has 0 radical (unpaired) electrons. The topological polar surface area (TPSA) is 79.0 Å². The summed E-state index contributed by atoms with van der Waals surface area (Å²) in [6, 6.07) is 7.50. The van der Waals surface area contributed by atoms with Gasteiger partial charge in [-0.1, -0.05) is 18.2 Å². The maximum atomic E-state index is 12.3. The van der Waals surface area contributed by atoms with E-state index in [1.807, 2.05) is 24.3 Å². The van der Waals surface area contributed by atoms with Crippen LogP contribution in [-0.4, -0.2) is 45.9 Å². The van der Waals surface area contributed by atoms with E-state index in [1.165, 1.54) is 4.31 Å². The third kappa shape index (κ3) is 2.64. The predicted molar refractivity (Wildman–Crippen MR) is 74.0 cm³/mol. The Hall–Kier alpha value is -1.60. The molecule has 1 aromatic carbocycles. The molecule has 0 aromatic heterocycles. The number of carbonyl (C=O) groups is 1. The summed E-state index contributed by atoms with van der Waals surface area (Å²) in [5.74, 6) is -0.332. The highest BCUT2D eigenvalue weighted by Crippen LogP contribution is 2.29. The molecule has 0 bridgehead atoms. The molecular weight excluding hydrogens is 280 g/mol. The van der Waals surface area contributed by atoms with E-state index in [0.29, 0.717) is 13.2 Å². The Morgan fingerprint density at radius 3 is 2.90 bits per heavy atom. The number of para-hydroxylation sites is 1. The van der Waals surface area contributed by atoms with Crippen LogP contribution in [0.5, 0.6) is 0 Å². The highest BCUT2D eigenvalue weighted by molar-refractivity contribution is 7.92. The summed E-state index contributed by atoms with van der Waals surface area (Å²) in [5, 5.41) is 2.58. The van der Waals surface area contributed by atoms with Crippen LogP contribution in [0.3, 0.4) is 0 Å². The molecular formula is C13H16N2O4S. The lowest BCUT2D eigenvalue weighted by Gasteiger charge is -2.19. The van der Waals surface area contributed by atoms with Crippen molar-refractivity contribution in [2.75, 3.05) is 29.8 Å². The normalized spacial score (nSPS) is 20.6. The maximum absolute atomic E-state index is 12.3. The number of rotatable bonds is 5. The van der Waals surface area contributed by atoms with Gasteiger partial charge in [0, 0.05) is 13.1 Å². The van der Waals surface area contributed by atoms with Gasteiger partial charge in [0.05, 0.1) is 18.0 Å². The van der Waals surface area contributed by atoms with Gasteiger partial charge in [-0.15, -0.1) is 0 Å². The first-order valence-corrected chi connectivity index (χ1v) is 8.16. The first-order chi connectivity index (χ1) is 9.58. The van der Waals surface area contributed by atoms with Crippen molar-refractivity contribution in [1.82, 2.24) is 5.32 Å².